The summed E-state index contributed by atoms with van der Waals surface area (Å²) in [5.41, 5.74) is 1.28. The molecule has 124 valence electrons. The fraction of sp³-hybridized carbons (Fsp3) is 0.667. The van der Waals surface area contributed by atoms with E-state index in [1.54, 1.807) is 0 Å². The number of likely N-dealkylation sites (tertiary alicyclic amines) is 1. The Balaban J connectivity index is 1.44. The van der Waals surface area contributed by atoms with Crippen LogP contribution in [-0.2, 0) is 16.1 Å². The number of fused-ring (bicyclic) bond motifs is 1. The minimum Gasteiger partial charge on any atom is -0.375 e. The lowest BCUT2D eigenvalue weighted by Crippen LogP contribution is -2.61. The molecule has 1 aromatic heterocycles. The lowest BCUT2D eigenvalue weighted by Gasteiger charge is -2.48. The molecule has 0 aromatic carbocycles. The average molecular weight is 315 g/mol. The van der Waals surface area contributed by atoms with Gasteiger partial charge in [0, 0.05) is 44.5 Å². The zero-order valence-electron chi connectivity index (χ0n) is 13.6. The zero-order chi connectivity index (χ0) is 15.6. The van der Waals surface area contributed by atoms with E-state index in [9.17, 15) is 4.79 Å². The minimum atomic E-state index is 0.274. The highest BCUT2D eigenvalue weighted by molar-refractivity contribution is 5.79. The molecule has 5 nitrogen and oxygen atoms in total. The summed E-state index contributed by atoms with van der Waals surface area (Å²) in [6.07, 6.45) is 8.32. The molecule has 2 saturated heterocycles. The molecule has 0 spiro atoms. The lowest BCUT2D eigenvalue weighted by molar-refractivity contribution is -0.149. The SMILES string of the molecule is O=C(C1CCC1)N1CC[C@@H]2OCCN(Cc3ccncc3)[C@H]2C1. The van der Waals surface area contributed by atoms with Crippen LogP contribution in [0.5, 0.6) is 0 Å². The van der Waals surface area contributed by atoms with Gasteiger partial charge < -0.3 is 9.64 Å². The van der Waals surface area contributed by atoms with Crippen LogP contribution in [0.25, 0.3) is 0 Å². The van der Waals surface area contributed by atoms with E-state index in [1.165, 1.54) is 12.0 Å². The van der Waals surface area contributed by atoms with Crippen LogP contribution in [0.3, 0.4) is 0 Å². The maximum Gasteiger partial charge on any atom is 0.225 e. The first-order valence-electron chi connectivity index (χ1n) is 8.84. The number of pyridine rings is 1. The van der Waals surface area contributed by atoms with Crippen LogP contribution in [0, 0.1) is 5.92 Å². The molecule has 4 rings (SSSR count). The van der Waals surface area contributed by atoms with Gasteiger partial charge in [0.15, 0.2) is 0 Å². The standard InChI is InChI=1S/C18H25N3O2/c22-18(15-2-1-3-15)21-9-6-17-16(13-21)20(10-11-23-17)12-14-4-7-19-8-5-14/h4-5,7-8,15-17H,1-3,6,9-13H2/t16-,17-/m0/s1. The monoisotopic (exact) mass is 315 g/mol. The Kier molecular flexibility index (Phi) is 4.31. The van der Waals surface area contributed by atoms with Crippen LogP contribution in [-0.4, -0.2) is 59.1 Å². The van der Waals surface area contributed by atoms with Gasteiger partial charge in [0.2, 0.25) is 5.91 Å². The molecule has 1 saturated carbocycles. The smallest absolute Gasteiger partial charge is 0.225 e. The molecule has 3 aliphatic rings. The largest absolute Gasteiger partial charge is 0.375 e. The Morgan fingerprint density at radius 1 is 1.22 bits per heavy atom. The predicted molar refractivity (Wildman–Crippen MR) is 86.7 cm³/mol. The van der Waals surface area contributed by atoms with E-state index in [2.05, 4.69) is 26.9 Å². The number of aromatic nitrogens is 1. The Morgan fingerprint density at radius 3 is 2.78 bits per heavy atom. The third kappa shape index (κ3) is 3.12. The summed E-state index contributed by atoms with van der Waals surface area (Å²) in [6, 6.07) is 4.48. The molecule has 23 heavy (non-hydrogen) atoms. The molecule has 2 aliphatic heterocycles. The van der Waals surface area contributed by atoms with Crippen LogP contribution in [0.4, 0.5) is 0 Å². The fourth-order valence-electron chi connectivity index (χ4n) is 3.97. The minimum absolute atomic E-state index is 0.274. The number of hydrogen-bond donors (Lipinski definition) is 0. The molecule has 0 radical (unpaired) electrons. The van der Waals surface area contributed by atoms with Gasteiger partial charge in [-0.3, -0.25) is 14.7 Å². The van der Waals surface area contributed by atoms with Crippen molar-refractivity contribution >= 4 is 5.91 Å². The highest BCUT2D eigenvalue weighted by atomic mass is 16.5. The van der Waals surface area contributed by atoms with E-state index in [0.29, 0.717) is 17.9 Å². The Hall–Kier alpha value is -1.46. The maximum atomic E-state index is 12.6. The first-order valence-corrected chi connectivity index (χ1v) is 8.84. The second kappa shape index (κ2) is 6.57. The highest BCUT2D eigenvalue weighted by Gasteiger charge is 2.40. The number of amides is 1. The van der Waals surface area contributed by atoms with Crippen molar-refractivity contribution in [1.82, 2.24) is 14.8 Å². The van der Waals surface area contributed by atoms with E-state index in [-0.39, 0.29) is 6.10 Å². The van der Waals surface area contributed by atoms with E-state index in [1.807, 2.05) is 12.4 Å². The van der Waals surface area contributed by atoms with Gasteiger partial charge in [-0.05, 0) is 37.0 Å². The summed E-state index contributed by atoms with van der Waals surface area (Å²) in [7, 11) is 0. The van der Waals surface area contributed by atoms with Crippen molar-refractivity contribution in [2.75, 3.05) is 26.2 Å². The molecule has 1 aliphatic carbocycles. The normalized spacial score (nSPS) is 29.0. The van der Waals surface area contributed by atoms with Crippen molar-refractivity contribution in [2.45, 2.75) is 44.4 Å². The molecule has 0 bridgehead atoms. The summed E-state index contributed by atoms with van der Waals surface area (Å²) in [6.45, 7) is 4.33. The average Bonchev–Trinajstić information content (AvgIpc) is 2.54. The molecular weight excluding hydrogens is 290 g/mol. The van der Waals surface area contributed by atoms with E-state index >= 15 is 0 Å². The van der Waals surface area contributed by atoms with Crippen molar-refractivity contribution < 1.29 is 9.53 Å². The van der Waals surface area contributed by atoms with Gasteiger partial charge >= 0.3 is 0 Å². The Morgan fingerprint density at radius 2 is 2.04 bits per heavy atom. The third-order valence-electron chi connectivity index (χ3n) is 5.60. The topological polar surface area (TPSA) is 45.7 Å². The van der Waals surface area contributed by atoms with Crippen molar-refractivity contribution in [1.29, 1.82) is 0 Å². The fourth-order valence-corrected chi connectivity index (χ4v) is 3.97. The highest BCUT2D eigenvalue weighted by Crippen LogP contribution is 2.31. The van der Waals surface area contributed by atoms with E-state index in [0.717, 1.165) is 52.0 Å². The van der Waals surface area contributed by atoms with Gasteiger partial charge in [0.1, 0.15) is 0 Å². The summed E-state index contributed by atoms with van der Waals surface area (Å²) in [4.78, 5) is 21.3. The van der Waals surface area contributed by atoms with Gasteiger partial charge in [0.25, 0.3) is 0 Å². The van der Waals surface area contributed by atoms with Crippen molar-refractivity contribution in [3.63, 3.8) is 0 Å². The van der Waals surface area contributed by atoms with E-state index in [4.69, 9.17) is 4.74 Å². The summed E-state index contributed by atoms with van der Waals surface area (Å²) in [5.74, 6) is 0.675. The van der Waals surface area contributed by atoms with Gasteiger partial charge in [-0.2, -0.15) is 0 Å². The molecule has 1 aromatic rings. The first kappa shape index (κ1) is 15.1. The molecular formula is C18H25N3O2. The number of nitrogens with zero attached hydrogens (tertiary/aromatic N) is 3. The molecule has 3 heterocycles. The number of ether oxygens (including phenoxy) is 1. The molecule has 1 amide bonds. The third-order valence-corrected chi connectivity index (χ3v) is 5.60. The number of hydrogen-bond acceptors (Lipinski definition) is 4. The van der Waals surface area contributed by atoms with Crippen molar-refractivity contribution in [3.05, 3.63) is 30.1 Å². The zero-order valence-corrected chi connectivity index (χ0v) is 13.6. The Bertz CT molecular complexity index is 546. The molecule has 2 atom stereocenters. The second-order valence-corrected chi connectivity index (χ2v) is 7.00. The number of piperidine rings is 1. The molecule has 5 heteroatoms. The quantitative estimate of drug-likeness (QED) is 0.851. The van der Waals surface area contributed by atoms with Crippen LogP contribution in [0.1, 0.15) is 31.2 Å². The summed E-state index contributed by atoms with van der Waals surface area (Å²) >= 11 is 0. The number of rotatable bonds is 3. The van der Waals surface area contributed by atoms with Crippen molar-refractivity contribution in [2.24, 2.45) is 5.92 Å². The van der Waals surface area contributed by atoms with Gasteiger partial charge in [0.05, 0.1) is 18.8 Å². The van der Waals surface area contributed by atoms with Gasteiger partial charge in [-0.25, -0.2) is 0 Å². The van der Waals surface area contributed by atoms with Crippen LogP contribution < -0.4 is 0 Å². The number of carbonyl (C=O) groups excluding carboxylic acids is 1. The first-order chi connectivity index (χ1) is 11.3. The number of morpholine rings is 1. The second-order valence-electron chi connectivity index (χ2n) is 7.00. The van der Waals surface area contributed by atoms with Crippen LogP contribution >= 0.6 is 0 Å². The Labute approximate surface area is 137 Å². The van der Waals surface area contributed by atoms with Crippen molar-refractivity contribution in [3.8, 4) is 0 Å². The van der Waals surface area contributed by atoms with Crippen LogP contribution in [0.2, 0.25) is 0 Å². The molecule has 0 unspecified atom stereocenters. The maximum absolute atomic E-state index is 12.6. The molecule has 0 N–H and O–H groups in total. The van der Waals surface area contributed by atoms with Crippen LogP contribution in [0.15, 0.2) is 24.5 Å². The van der Waals surface area contributed by atoms with E-state index < -0.39 is 0 Å². The van der Waals surface area contributed by atoms with Gasteiger partial charge in [-0.15, -0.1) is 0 Å². The molecule has 3 fully saturated rings. The number of carbonyl (C=O) groups is 1. The lowest BCUT2D eigenvalue weighted by atomic mass is 9.83. The summed E-state index contributed by atoms with van der Waals surface area (Å²) in [5, 5.41) is 0. The van der Waals surface area contributed by atoms with Gasteiger partial charge in [-0.1, -0.05) is 6.42 Å². The predicted octanol–water partition coefficient (Wildman–Crippen LogP) is 1.68. The summed E-state index contributed by atoms with van der Waals surface area (Å²) < 4.78 is 5.99.